The average Bonchev–Trinajstić information content (AvgIpc) is 2.67. The molecule has 1 heterocycles. The van der Waals surface area contributed by atoms with Gasteiger partial charge in [0.15, 0.2) is 0 Å². The van der Waals surface area contributed by atoms with Crippen LogP contribution < -0.4 is 5.32 Å². The number of aromatic carboxylic acids is 1. The molecule has 0 aliphatic rings. The molecule has 1 rings (SSSR count). The number of hydrogen-bond donors (Lipinski definition) is 2. The molecule has 2 N–H and O–H groups in total. The standard InChI is InChI=1S/C12H18N2O4S/c1-7-10(11(16)17)19-9(14-7)6-13-8(15)5-12(2,3)18-4/h5-6H2,1-4H3,(H,13,15)(H,16,17). The van der Waals surface area contributed by atoms with Crippen molar-refractivity contribution >= 4 is 23.2 Å². The van der Waals surface area contributed by atoms with Crippen LogP contribution in [-0.2, 0) is 16.1 Å². The van der Waals surface area contributed by atoms with Crippen LogP contribution in [0.3, 0.4) is 0 Å². The number of carboxylic acids is 1. The molecule has 0 spiro atoms. The molecule has 1 amide bonds. The highest BCUT2D eigenvalue weighted by molar-refractivity contribution is 7.13. The van der Waals surface area contributed by atoms with Gasteiger partial charge in [-0.2, -0.15) is 0 Å². The van der Waals surface area contributed by atoms with E-state index in [1.54, 1.807) is 14.0 Å². The topological polar surface area (TPSA) is 88.5 Å². The third-order valence-electron chi connectivity index (χ3n) is 2.61. The molecule has 0 unspecified atom stereocenters. The Bertz CT molecular complexity index is 482. The van der Waals surface area contributed by atoms with Crippen LogP contribution in [0.1, 0.15) is 40.6 Å². The normalized spacial score (nSPS) is 11.4. The molecule has 106 valence electrons. The quantitative estimate of drug-likeness (QED) is 0.829. The number of carboxylic acid groups (broad SMARTS) is 1. The Labute approximate surface area is 115 Å². The predicted octanol–water partition coefficient (Wildman–Crippen LogP) is 1.58. The van der Waals surface area contributed by atoms with Crippen molar-refractivity contribution in [3.05, 3.63) is 15.6 Å². The molecule has 0 aliphatic heterocycles. The number of hydrogen-bond acceptors (Lipinski definition) is 5. The van der Waals surface area contributed by atoms with Gasteiger partial charge in [0.05, 0.1) is 24.3 Å². The number of ether oxygens (including phenoxy) is 1. The maximum Gasteiger partial charge on any atom is 0.347 e. The third kappa shape index (κ3) is 4.60. The van der Waals surface area contributed by atoms with Crippen LogP contribution >= 0.6 is 11.3 Å². The number of amides is 1. The summed E-state index contributed by atoms with van der Waals surface area (Å²) in [4.78, 5) is 26.9. The Balaban J connectivity index is 2.56. The van der Waals surface area contributed by atoms with Crippen LogP contribution in [0.4, 0.5) is 0 Å². The van der Waals surface area contributed by atoms with Crippen LogP contribution in [0.5, 0.6) is 0 Å². The first-order valence-corrected chi connectivity index (χ1v) is 6.58. The fraction of sp³-hybridized carbons (Fsp3) is 0.583. The minimum absolute atomic E-state index is 0.156. The van der Waals surface area contributed by atoms with Gasteiger partial charge in [0, 0.05) is 7.11 Å². The maximum absolute atomic E-state index is 11.7. The highest BCUT2D eigenvalue weighted by atomic mass is 32.1. The van der Waals surface area contributed by atoms with Crippen molar-refractivity contribution in [2.75, 3.05) is 7.11 Å². The molecule has 0 saturated carbocycles. The smallest absolute Gasteiger partial charge is 0.347 e. The van der Waals surface area contributed by atoms with Gasteiger partial charge < -0.3 is 15.2 Å². The molecular weight excluding hydrogens is 268 g/mol. The lowest BCUT2D eigenvalue weighted by atomic mass is 10.1. The van der Waals surface area contributed by atoms with E-state index in [1.165, 1.54) is 0 Å². The highest BCUT2D eigenvalue weighted by Crippen LogP contribution is 2.18. The highest BCUT2D eigenvalue weighted by Gasteiger charge is 2.21. The van der Waals surface area contributed by atoms with E-state index in [4.69, 9.17) is 9.84 Å². The minimum Gasteiger partial charge on any atom is -0.477 e. The fourth-order valence-electron chi connectivity index (χ4n) is 1.42. The number of nitrogens with zero attached hydrogens (tertiary/aromatic N) is 1. The average molecular weight is 286 g/mol. The van der Waals surface area contributed by atoms with Crippen molar-refractivity contribution in [3.8, 4) is 0 Å². The van der Waals surface area contributed by atoms with Crippen molar-refractivity contribution in [2.45, 2.75) is 39.3 Å². The van der Waals surface area contributed by atoms with Gasteiger partial charge in [-0.05, 0) is 20.8 Å². The Morgan fingerprint density at radius 2 is 2.11 bits per heavy atom. The molecule has 0 atom stereocenters. The number of aryl methyl sites for hydroxylation is 1. The molecule has 0 saturated heterocycles. The number of nitrogens with one attached hydrogen (secondary N) is 1. The maximum atomic E-state index is 11.7. The van der Waals surface area contributed by atoms with Crippen molar-refractivity contribution in [2.24, 2.45) is 0 Å². The second kappa shape index (κ2) is 6.12. The molecule has 1 aromatic heterocycles. The summed E-state index contributed by atoms with van der Waals surface area (Å²) < 4.78 is 5.16. The summed E-state index contributed by atoms with van der Waals surface area (Å²) >= 11 is 1.08. The number of aromatic nitrogens is 1. The van der Waals surface area contributed by atoms with Crippen LogP contribution in [0.15, 0.2) is 0 Å². The van der Waals surface area contributed by atoms with E-state index >= 15 is 0 Å². The van der Waals surface area contributed by atoms with Gasteiger partial charge in [-0.1, -0.05) is 0 Å². The summed E-state index contributed by atoms with van der Waals surface area (Å²) in [5.41, 5.74) is -0.0475. The van der Waals surface area contributed by atoms with Crippen LogP contribution in [0, 0.1) is 6.92 Å². The van der Waals surface area contributed by atoms with Crippen molar-refractivity contribution in [1.82, 2.24) is 10.3 Å². The summed E-state index contributed by atoms with van der Waals surface area (Å²) in [6.45, 7) is 5.52. The van der Waals surface area contributed by atoms with Crippen molar-refractivity contribution < 1.29 is 19.4 Å². The Kier molecular flexibility index (Phi) is 5.02. The lowest BCUT2D eigenvalue weighted by molar-refractivity contribution is -0.126. The zero-order valence-electron chi connectivity index (χ0n) is 11.4. The van der Waals surface area contributed by atoms with Crippen LogP contribution in [-0.4, -0.2) is 34.7 Å². The molecule has 0 bridgehead atoms. The molecule has 6 nitrogen and oxygen atoms in total. The predicted molar refractivity (Wildman–Crippen MR) is 71.4 cm³/mol. The second-order valence-corrected chi connectivity index (χ2v) is 5.83. The van der Waals surface area contributed by atoms with Gasteiger partial charge in [0.1, 0.15) is 9.88 Å². The van der Waals surface area contributed by atoms with Gasteiger partial charge in [0.2, 0.25) is 5.91 Å². The van der Waals surface area contributed by atoms with Gasteiger partial charge >= 0.3 is 5.97 Å². The van der Waals surface area contributed by atoms with E-state index in [2.05, 4.69) is 10.3 Å². The summed E-state index contributed by atoms with van der Waals surface area (Å²) in [5, 5.41) is 12.2. The van der Waals surface area contributed by atoms with Gasteiger partial charge in [-0.15, -0.1) is 11.3 Å². The molecule has 0 radical (unpaired) electrons. The first kappa shape index (κ1) is 15.6. The summed E-state index contributed by atoms with van der Waals surface area (Å²) in [6.07, 6.45) is 0.236. The largest absolute Gasteiger partial charge is 0.477 e. The first-order chi connectivity index (χ1) is 8.75. The number of rotatable bonds is 6. The summed E-state index contributed by atoms with van der Waals surface area (Å²) in [5.74, 6) is -1.15. The third-order valence-corrected chi connectivity index (χ3v) is 3.76. The van der Waals surface area contributed by atoms with Crippen molar-refractivity contribution in [3.63, 3.8) is 0 Å². The molecule has 0 fully saturated rings. The summed E-state index contributed by atoms with van der Waals surface area (Å²) in [6, 6.07) is 0. The zero-order chi connectivity index (χ0) is 14.6. The van der Waals surface area contributed by atoms with E-state index in [-0.39, 0.29) is 23.7 Å². The molecule has 0 aliphatic carbocycles. The van der Waals surface area contributed by atoms with E-state index in [9.17, 15) is 9.59 Å². The number of carbonyl (C=O) groups is 2. The van der Waals surface area contributed by atoms with E-state index in [1.807, 2.05) is 13.8 Å². The zero-order valence-corrected chi connectivity index (χ0v) is 12.3. The Hall–Kier alpha value is -1.47. The Morgan fingerprint density at radius 1 is 1.47 bits per heavy atom. The number of thiazole rings is 1. The van der Waals surface area contributed by atoms with Gasteiger partial charge in [-0.25, -0.2) is 9.78 Å². The molecule has 19 heavy (non-hydrogen) atoms. The first-order valence-electron chi connectivity index (χ1n) is 5.76. The lowest BCUT2D eigenvalue weighted by Crippen LogP contribution is -2.33. The molecular formula is C12H18N2O4S. The van der Waals surface area contributed by atoms with E-state index < -0.39 is 11.6 Å². The minimum atomic E-state index is -0.993. The van der Waals surface area contributed by atoms with Crippen molar-refractivity contribution in [1.29, 1.82) is 0 Å². The van der Waals surface area contributed by atoms with Gasteiger partial charge in [-0.3, -0.25) is 4.79 Å². The van der Waals surface area contributed by atoms with Crippen LogP contribution in [0.25, 0.3) is 0 Å². The van der Waals surface area contributed by atoms with E-state index in [0.717, 1.165) is 11.3 Å². The monoisotopic (exact) mass is 286 g/mol. The molecule has 0 aromatic carbocycles. The SMILES string of the molecule is COC(C)(C)CC(=O)NCc1nc(C)c(C(=O)O)s1. The number of carbonyl (C=O) groups excluding carboxylic acids is 1. The van der Waals surface area contributed by atoms with E-state index in [0.29, 0.717) is 10.7 Å². The molecule has 1 aromatic rings. The number of methoxy groups -OCH3 is 1. The summed E-state index contributed by atoms with van der Waals surface area (Å²) in [7, 11) is 1.55. The Morgan fingerprint density at radius 3 is 2.58 bits per heavy atom. The fourth-order valence-corrected chi connectivity index (χ4v) is 2.27. The molecule has 7 heteroatoms. The van der Waals surface area contributed by atoms with Crippen LogP contribution in [0.2, 0.25) is 0 Å². The second-order valence-electron chi connectivity index (χ2n) is 4.74. The van der Waals surface area contributed by atoms with Gasteiger partial charge in [0.25, 0.3) is 0 Å². The lowest BCUT2D eigenvalue weighted by Gasteiger charge is -2.21.